The summed E-state index contributed by atoms with van der Waals surface area (Å²) in [6.45, 7) is 2.63. The Morgan fingerprint density at radius 3 is 1.37 bits per heavy atom. The molecule has 3 N–H and O–H groups in total. The van der Waals surface area contributed by atoms with E-state index in [4.69, 9.17) is 14.6 Å². The summed E-state index contributed by atoms with van der Waals surface area (Å²) in [6.07, 6.45) is 0. The van der Waals surface area contributed by atoms with Crippen LogP contribution in [0.5, 0.6) is 34.5 Å². The summed E-state index contributed by atoms with van der Waals surface area (Å²) in [6, 6.07) is 27.2. The lowest BCUT2D eigenvalue weighted by atomic mass is 10.1. The second kappa shape index (κ2) is 19.4. The highest BCUT2D eigenvalue weighted by Gasteiger charge is 2.49. The van der Waals surface area contributed by atoms with Gasteiger partial charge in [-0.2, -0.15) is 43.2 Å². The van der Waals surface area contributed by atoms with Crippen molar-refractivity contribution >= 4 is 52.6 Å². The van der Waals surface area contributed by atoms with Gasteiger partial charge in [-0.3, -0.25) is 0 Å². The van der Waals surface area contributed by atoms with Crippen molar-refractivity contribution in [2.24, 2.45) is 0 Å². The monoisotopic (exact) mass is 848 g/mol. The van der Waals surface area contributed by atoms with Crippen molar-refractivity contribution in [1.82, 2.24) is 0 Å². The number of ether oxygens (including phenoxy) is 3. The number of alkyl halides is 6. The van der Waals surface area contributed by atoms with E-state index in [0.717, 1.165) is 29.5 Å². The number of benzene rings is 6. The molecule has 0 aromatic heterocycles. The van der Waals surface area contributed by atoms with E-state index < -0.39 is 48.5 Å². The average Bonchev–Trinajstić information content (AvgIpc) is 3.13. The molecule has 6 aromatic rings. The third-order valence-corrected chi connectivity index (χ3v) is 8.96. The number of hydrogen-bond donors (Lipinski definition) is 3. The van der Waals surface area contributed by atoms with Gasteiger partial charge in [-0.25, -0.2) is 0 Å². The predicted molar refractivity (Wildman–Crippen MR) is 198 cm³/mol. The van der Waals surface area contributed by atoms with Gasteiger partial charge in [0.2, 0.25) is 0 Å². The van der Waals surface area contributed by atoms with Gasteiger partial charge < -0.3 is 37.9 Å². The molecular weight excluding hydrogens is 815 g/mol. The van der Waals surface area contributed by atoms with Crippen LogP contribution in [0.25, 0.3) is 32.3 Å². The number of phenolic OH excluding ortho intramolecular Hbond substituents is 3. The van der Waals surface area contributed by atoms with Gasteiger partial charge in [0.1, 0.15) is 23.0 Å². The highest BCUT2D eigenvalue weighted by atomic mass is 32.2. The maximum atomic E-state index is 12.5. The minimum absolute atomic E-state index is 0.0891. The molecule has 0 aliphatic heterocycles. The van der Waals surface area contributed by atoms with Gasteiger partial charge in [0, 0.05) is 55.2 Å². The fourth-order valence-electron chi connectivity index (χ4n) is 4.46. The number of halogens is 6. The molecule has 0 saturated carbocycles. The van der Waals surface area contributed by atoms with Crippen LogP contribution in [0.15, 0.2) is 109 Å². The predicted octanol–water partition coefficient (Wildman–Crippen LogP) is 8.73. The maximum Gasteiger partial charge on any atom is 0.534 e. The zero-order valence-electron chi connectivity index (χ0n) is 29.9. The highest BCUT2D eigenvalue weighted by molar-refractivity contribution is 7.88. The zero-order valence-corrected chi connectivity index (χ0v) is 31.5. The van der Waals surface area contributed by atoms with Gasteiger partial charge in [0.05, 0.1) is 0 Å². The van der Waals surface area contributed by atoms with Crippen LogP contribution >= 0.6 is 0 Å². The smallest absolute Gasteiger partial charge is 0.508 e. The largest absolute Gasteiger partial charge is 0.534 e. The molecule has 0 radical (unpaired) electrons. The average molecular weight is 849 g/mol. The molecule has 0 saturated heterocycles. The van der Waals surface area contributed by atoms with Crippen LogP contribution in [0, 0.1) is 0 Å². The van der Waals surface area contributed by atoms with Crippen molar-refractivity contribution in [2.75, 3.05) is 27.6 Å². The van der Waals surface area contributed by atoms with E-state index in [9.17, 15) is 53.4 Å². The van der Waals surface area contributed by atoms with Gasteiger partial charge in [-0.15, -0.1) is 0 Å². The normalized spacial score (nSPS) is 11.7. The van der Waals surface area contributed by atoms with E-state index in [0.29, 0.717) is 10.8 Å². The minimum atomic E-state index is -5.77. The number of aromatic hydroxyl groups is 3. The number of hydrogen-bond acceptors (Lipinski definition) is 12. The Balaban J connectivity index is 0.000000226. The molecule has 0 heterocycles. The lowest BCUT2D eigenvalue weighted by Crippen LogP contribution is -2.28. The third kappa shape index (κ3) is 12.7. The SMILES string of the molecule is CCOC.COCOc1cc(OS(=O)(=O)C(F)(F)F)c2ccccc2c1.O=S(=O)(Oc1cc(O)cc2ccccc12)C(F)(F)F.Oc1cc(O)c2ccccc2c1. The molecule has 20 heteroatoms. The zero-order chi connectivity index (χ0) is 42.6. The Morgan fingerprint density at radius 1 is 0.544 bits per heavy atom. The lowest BCUT2D eigenvalue weighted by Gasteiger charge is -2.13. The van der Waals surface area contributed by atoms with Crippen molar-refractivity contribution in [1.29, 1.82) is 0 Å². The second-order valence-electron chi connectivity index (χ2n) is 11.1. The quantitative estimate of drug-likeness (QED) is 0.0576. The van der Waals surface area contributed by atoms with Gasteiger partial charge in [-0.05, 0) is 41.3 Å². The first kappa shape index (κ1) is 45.7. The van der Waals surface area contributed by atoms with Gasteiger partial charge in [0.15, 0.2) is 18.3 Å². The fraction of sp³-hybridized carbons (Fsp3) is 0.189. The van der Waals surface area contributed by atoms with Crippen molar-refractivity contribution in [3.8, 4) is 34.5 Å². The van der Waals surface area contributed by atoms with Crippen LogP contribution in [0.1, 0.15) is 6.92 Å². The molecule has 6 aromatic carbocycles. The van der Waals surface area contributed by atoms with E-state index in [-0.39, 0.29) is 34.8 Å². The van der Waals surface area contributed by atoms with Crippen LogP contribution in [0.2, 0.25) is 0 Å². The molecule has 0 bridgehead atoms. The van der Waals surface area contributed by atoms with E-state index in [1.807, 2.05) is 31.2 Å². The Labute approximate surface area is 322 Å². The van der Waals surface area contributed by atoms with Crippen molar-refractivity contribution in [2.45, 2.75) is 17.9 Å². The summed E-state index contributed by atoms with van der Waals surface area (Å²) >= 11 is 0. The Bertz CT molecular complexity index is 2490. The number of fused-ring (bicyclic) bond motifs is 3. The first-order chi connectivity index (χ1) is 26.6. The van der Waals surface area contributed by atoms with Crippen molar-refractivity contribution < 1.29 is 81.1 Å². The summed E-state index contributed by atoms with van der Waals surface area (Å²) in [5.41, 5.74) is -11.0. The second-order valence-corrected chi connectivity index (χ2v) is 14.2. The number of methoxy groups -OCH3 is 2. The number of phenols is 3. The van der Waals surface area contributed by atoms with Crippen LogP contribution in [0.4, 0.5) is 26.3 Å². The van der Waals surface area contributed by atoms with E-state index >= 15 is 0 Å². The summed E-state index contributed by atoms with van der Waals surface area (Å²) in [7, 11) is -8.49. The maximum absolute atomic E-state index is 12.5. The third-order valence-electron chi connectivity index (χ3n) is 7.03. The molecule has 0 aliphatic carbocycles. The summed E-state index contributed by atoms with van der Waals surface area (Å²) < 4.78 is 141. The molecule has 0 aliphatic rings. The summed E-state index contributed by atoms with van der Waals surface area (Å²) in [5, 5.41) is 30.7. The molecule has 308 valence electrons. The standard InChI is InChI=1S/C13H11F3O5S.C11H7F3O4S.C10H8O2.C3H8O/c1-19-8-20-10-6-9-4-2-3-5-11(9)12(7-10)21-22(17,18)13(14,15)16;12-11(13,14)19(16,17)18-10-6-8(15)5-7-3-1-2-4-9(7)10;11-8-5-7-3-1-2-4-9(7)10(12)6-8;1-3-4-2/h2-7H,8H2,1H3;1-6,15H;1-6,11-12H;3H2,1-2H3. The highest BCUT2D eigenvalue weighted by Crippen LogP contribution is 2.36. The molecule has 12 nitrogen and oxygen atoms in total. The van der Waals surface area contributed by atoms with E-state index in [2.05, 4.69) is 13.1 Å². The van der Waals surface area contributed by atoms with E-state index in [1.165, 1.54) is 49.6 Å². The van der Waals surface area contributed by atoms with Gasteiger partial charge in [0.25, 0.3) is 0 Å². The Morgan fingerprint density at radius 2 is 0.930 bits per heavy atom. The Hall–Kier alpha value is -5.70. The van der Waals surface area contributed by atoms with E-state index in [1.54, 1.807) is 37.4 Å². The molecule has 0 spiro atoms. The Kier molecular flexibility index (Phi) is 15.6. The molecule has 0 fully saturated rings. The van der Waals surface area contributed by atoms with Crippen LogP contribution in [-0.4, -0.2) is 70.8 Å². The van der Waals surface area contributed by atoms with Gasteiger partial charge in [-0.1, -0.05) is 72.8 Å². The topological polar surface area (TPSA) is 175 Å². The molecular formula is C37H34F6O12S2. The minimum Gasteiger partial charge on any atom is -0.508 e. The fourth-order valence-corrected chi connectivity index (χ4v) is 5.40. The van der Waals surface area contributed by atoms with Crippen molar-refractivity contribution in [3.05, 3.63) is 109 Å². The first-order valence-corrected chi connectivity index (χ1v) is 18.7. The molecule has 57 heavy (non-hydrogen) atoms. The first-order valence-electron chi connectivity index (χ1n) is 15.9. The summed E-state index contributed by atoms with van der Waals surface area (Å²) in [5.74, 6) is -1.12. The molecule has 0 atom stereocenters. The van der Waals surface area contributed by atoms with Crippen molar-refractivity contribution in [3.63, 3.8) is 0 Å². The molecule has 6 rings (SSSR count). The lowest BCUT2D eigenvalue weighted by molar-refractivity contribution is -0.0504. The van der Waals surface area contributed by atoms with Crippen LogP contribution in [-0.2, 0) is 29.7 Å². The number of rotatable bonds is 8. The summed E-state index contributed by atoms with van der Waals surface area (Å²) in [4.78, 5) is 0. The van der Waals surface area contributed by atoms with Gasteiger partial charge >= 0.3 is 31.3 Å². The molecule has 0 unspecified atom stereocenters. The van der Waals surface area contributed by atoms with Crippen LogP contribution < -0.4 is 13.1 Å². The van der Waals surface area contributed by atoms with Crippen LogP contribution in [0.3, 0.4) is 0 Å². The molecule has 0 amide bonds.